The summed E-state index contributed by atoms with van der Waals surface area (Å²) in [5.41, 5.74) is 0. The Kier molecular flexibility index (Phi) is 2.73. The summed E-state index contributed by atoms with van der Waals surface area (Å²) < 4.78 is 10.7. The minimum Gasteiger partial charge on any atom is -0.378 e. The monoisotopic (exact) mass is 170 g/mol. The third-order valence-electron chi connectivity index (χ3n) is 1.67. The molecular weight excluding hydrogens is 156 g/mol. The van der Waals surface area contributed by atoms with Crippen molar-refractivity contribution in [1.29, 1.82) is 0 Å². The van der Waals surface area contributed by atoms with Crippen LogP contribution in [0, 0.1) is 11.8 Å². The maximum absolute atomic E-state index is 9.40. The largest absolute Gasteiger partial charge is 0.378 e. The quantitative estimate of drug-likeness (QED) is 0.583. The molecular formula is C9H14O3. The van der Waals surface area contributed by atoms with E-state index < -0.39 is 11.9 Å². The van der Waals surface area contributed by atoms with Crippen LogP contribution in [0.15, 0.2) is 0 Å². The lowest BCUT2D eigenvalue weighted by molar-refractivity contribution is -0.146. The Bertz CT molecular complexity index is 212. The highest BCUT2D eigenvalue weighted by atomic mass is 16.7. The second kappa shape index (κ2) is 3.44. The smallest absolute Gasteiger partial charge is 0.163 e. The van der Waals surface area contributed by atoms with Crippen LogP contribution in [0.25, 0.3) is 0 Å². The lowest BCUT2D eigenvalue weighted by Gasteiger charge is -2.17. The molecule has 2 atom stereocenters. The van der Waals surface area contributed by atoms with Gasteiger partial charge in [-0.1, -0.05) is 5.92 Å². The fourth-order valence-corrected chi connectivity index (χ4v) is 1.11. The standard InChI is InChI=1S/C9H14O3/c1-4-5-7(10)8-6-11-9(2,3)12-8/h7-8,10H,6H2,1-3H3/t7-,8-/m1/s1. The van der Waals surface area contributed by atoms with Crippen LogP contribution in [0.5, 0.6) is 0 Å². The zero-order chi connectivity index (χ0) is 9.19. The molecule has 1 aliphatic rings. The molecule has 1 heterocycles. The summed E-state index contributed by atoms with van der Waals surface area (Å²) in [5.74, 6) is 4.68. The molecule has 0 aromatic carbocycles. The number of aliphatic hydroxyl groups excluding tert-OH is 1. The SMILES string of the molecule is CC#C[C@@H](O)[C@H]1COC(C)(C)O1. The predicted octanol–water partition coefficient (Wildman–Crippen LogP) is 0.522. The van der Waals surface area contributed by atoms with Crippen molar-refractivity contribution >= 4 is 0 Å². The van der Waals surface area contributed by atoms with Crippen LogP contribution in [0.3, 0.4) is 0 Å². The number of aliphatic hydroxyl groups is 1. The lowest BCUT2D eigenvalue weighted by Crippen LogP contribution is -2.29. The van der Waals surface area contributed by atoms with Crippen molar-refractivity contribution in [3.63, 3.8) is 0 Å². The molecule has 0 aromatic heterocycles. The fraction of sp³-hybridized carbons (Fsp3) is 0.778. The number of hydrogen-bond acceptors (Lipinski definition) is 3. The van der Waals surface area contributed by atoms with Gasteiger partial charge in [0, 0.05) is 0 Å². The molecule has 0 aliphatic carbocycles. The summed E-state index contributed by atoms with van der Waals surface area (Å²) in [6.45, 7) is 5.73. The van der Waals surface area contributed by atoms with Crippen LogP contribution in [-0.2, 0) is 9.47 Å². The van der Waals surface area contributed by atoms with Crippen LogP contribution < -0.4 is 0 Å². The van der Waals surface area contributed by atoms with E-state index in [1.54, 1.807) is 6.92 Å². The molecule has 0 radical (unpaired) electrons. The van der Waals surface area contributed by atoms with E-state index in [0.29, 0.717) is 6.61 Å². The Hall–Kier alpha value is -0.560. The summed E-state index contributed by atoms with van der Waals surface area (Å²) in [7, 11) is 0. The van der Waals surface area contributed by atoms with Crippen LogP contribution in [0.2, 0.25) is 0 Å². The first-order valence-electron chi connectivity index (χ1n) is 3.97. The van der Waals surface area contributed by atoms with Gasteiger partial charge in [0.05, 0.1) is 6.61 Å². The van der Waals surface area contributed by atoms with Crippen LogP contribution in [0.4, 0.5) is 0 Å². The third-order valence-corrected chi connectivity index (χ3v) is 1.67. The van der Waals surface area contributed by atoms with Gasteiger partial charge in [0.25, 0.3) is 0 Å². The molecule has 1 rings (SSSR count). The van der Waals surface area contributed by atoms with Gasteiger partial charge in [-0.3, -0.25) is 0 Å². The Morgan fingerprint density at radius 1 is 1.58 bits per heavy atom. The molecule has 0 bridgehead atoms. The molecule has 12 heavy (non-hydrogen) atoms. The van der Waals surface area contributed by atoms with E-state index in [-0.39, 0.29) is 6.10 Å². The Morgan fingerprint density at radius 3 is 2.67 bits per heavy atom. The van der Waals surface area contributed by atoms with Gasteiger partial charge >= 0.3 is 0 Å². The van der Waals surface area contributed by atoms with E-state index in [2.05, 4.69) is 11.8 Å². The van der Waals surface area contributed by atoms with E-state index >= 15 is 0 Å². The van der Waals surface area contributed by atoms with Crippen molar-refractivity contribution in [2.45, 2.75) is 38.8 Å². The Balaban J connectivity index is 2.50. The summed E-state index contributed by atoms with van der Waals surface area (Å²) in [5, 5.41) is 9.40. The molecule has 0 saturated carbocycles. The minimum absolute atomic E-state index is 0.313. The van der Waals surface area contributed by atoms with Gasteiger partial charge in [-0.05, 0) is 20.8 Å². The van der Waals surface area contributed by atoms with E-state index in [4.69, 9.17) is 9.47 Å². The molecule has 0 unspecified atom stereocenters. The normalized spacial score (nSPS) is 29.2. The molecule has 3 heteroatoms. The van der Waals surface area contributed by atoms with Gasteiger partial charge in [-0.15, -0.1) is 5.92 Å². The summed E-state index contributed by atoms with van der Waals surface area (Å²) in [4.78, 5) is 0. The number of ether oxygens (including phenoxy) is 2. The van der Waals surface area contributed by atoms with Gasteiger partial charge in [0.2, 0.25) is 0 Å². The average Bonchev–Trinajstić information content (AvgIpc) is 2.31. The maximum atomic E-state index is 9.40. The zero-order valence-corrected chi connectivity index (χ0v) is 7.63. The third kappa shape index (κ3) is 2.21. The zero-order valence-electron chi connectivity index (χ0n) is 7.63. The molecule has 1 aliphatic heterocycles. The molecule has 3 nitrogen and oxygen atoms in total. The topological polar surface area (TPSA) is 38.7 Å². The first kappa shape index (κ1) is 9.53. The fourth-order valence-electron chi connectivity index (χ4n) is 1.11. The van der Waals surface area contributed by atoms with Gasteiger partial charge < -0.3 is 14.6 Å². The second-order valence-electron chi connectivity index (χ2n) is 3.21. The van der Waals surface area contributed by atoms with Crippen molar-refractivity contribution in [3.8, 4) is 11.8 Å². The number of hydrogen-bond donors (Lipinski definition) is 1. The average molecular weight is 170 g/mol. The Morgan fingerprint density at radius 2 is 2.25 bits per heavy atom. The molecule has 0 amide bonds. The van der Waals surface area contributed by atoms with Gasteiger partial charge in [0.15, 0.2) is 5.79 Å². The Labute approximate surface area is 72.7 Å². The summed E-state index contributed by atoms with van der Waals surface area (Å²) in [6, 6.07) is 0. The number of rotatable bonds is 1. The van der Waals surface area contributed by atoms with Crippen molar-refractivity contribution < 1.29 is 14.6 Å². The van der Waals surface area contributed by atoms with Gasteiger partial charge in [-0.25, -0.2) is 0 Å². The summed E-state index contributed by atoms with van der Waals surface area (Å²) in [6.07, 6.45) is -1.05. The lowest BCUT2D eigenvalue weighted by atomic mass is 10.2. The van der Waals surface area contributed by atoms with Gasteiger partial charge in [0.1, 0.15) is 12.2 Å². The molecule has 1 N–H and O–H groups in total. The summed E-state index contributed by atoms with van der Waals surface area (Å²) >= 11 is 0. The van der Waals surface area contributed by atoms with Crippen LogP contribution in [-0.4, -0.2) is 29.7 Å². The minimum atomic E-state index is -0.739. The molecule has 1 fully saturated rings. The highest BCUT2D eigenvalue weighted by Gasteiger charge is 2.35. The molecule has 68 valence electrons. The van der Waals surface area contributed by atoms with Crippen LogP contribution >= 0.6 is 0 Å². The molecule has 0 spiro atoms. The van der Waals surface area contributed by atoms with Crippen LogP contribution in [0.1, 0.15) is 20.8 Å². The highest BCUT2D eigenvalue weighted by Crippen LogP contribution is 2.23. The first-order chi connectivity index (χ1) is 5.55. The highest BCUT2D eigenvalue weighted by molar-refractivity contribution is 5.05. The maximum Gasteiger partial charge on any atom is 0.163 e. The van der Waals surface area contributed by atoms with E-state index in [1.807, 2.05) is 13.8 Å². The first-order valence-corrected chi connectivity index (χ1v) is 3.97. The predicted molar refractivity (Wildman–Crippen MR) is 44.4 cm³/mol. The van der Waals surface area contributed by atoms with Crippen molar-refractivity contribution in [2.24, 2.45) is 0 Å². The van der Waals surface area contributed by atoms with Gasteiger partial charge in [-0.2, -0.15) is 0 Å². The van der Waals surface area contributed by atoms with Crippen molar-refractivity contribution in [3.05, 3.63) is 0 Å². The van der Waals surface area contributed by atoms with Crippen molar-refractivity contribution in [1.82, 2.24) is 0 Å². The van der Waals surface area contributed by atoms with E-state index in [9.17, 15) is 5.11 Å². The van der Waals surface area contributed by atoms with Crippen molar-refractivity contribution in [2.75, 3.05) is 6.61 Å². The second-order valence-corrected chi connectivity index (χ2v) is 3.21. The van der Waals surface area contributed by atoms with E-state index in [1.165, 1.54) is 0 Å². The molecule has 1 saturated heterocycles. The van der Waals surface area contributed by atoms with E-state index in [0.717, 1.165) is 0 Å². The molecule has 0 aromatic rings.